The second-order valence-corrected chi connectivity index (χ2v) is 7.27. The molecule has 1 saturated heterocycles. The number of hydrogen-bond donors (Lipinski definition) is 0. The second-order valence-electron chi connectivity index (χ2n) is 7.27. The van der Waals surface area contributed by atoms with Crippen molar-refractivity contribution in [2.24, 2.45) is 29.1 Å². The molecule has 0 radical (unpaired) electrons. The molecule has 0 aromatic heterocycles. The van der Waals surface area contributed by atoms with Crippen LogP contribution in [0.5, 0.6) is 11.5 Å². The van der Waals surface area contributed by atoms with Crippen molar-refractivity contribution in [2.45, 2.75) is 12.8 Å². The smallest absolute Gasteiger partial charge is 0.238 e. The molecule has 4 aliphatic rings. The number of hydrogen-bond acceptors (Lipinski definition) is 4. The molecule has 0 N–H and O–H groups in total. The van der Waals surface area contributed by atoms with E-state index in [4.69, 9.17) is 9.47 Å². The minimum atomic E-state index is -0.193. The van der Waals surface area contributed by atoms with E-state index in [1.54, 1.807) is 25.3 Å². The number of methoxy groups -OCH3 is 2. The highest BCUT2D eigenvalue weighted by molar-refractivity contribution is 6.23. The van der Waals surface area contributed by atoms with Gasteiger partial charge in [-0.1, -0.05) is 12.2 Å². The van der Waals surface area contributed by atoms with Gasteiger partial charge in [0.25, 0.3) is 0 Å². The molecule has 1 spiro atoms. The van der Waals surface area contributed by atoms with Crippen molar-refractivity contribution in [1.82, 2.24) is 0 Å². The highest BCUT2D eigenvalue weighted by Gasteiger charge is 2.73. The van der Waals surface area contributed by atoms with Crippen LogP contribution in [0.25, 0.3) is 0 Å². The highest BCUT2D eigenvalue weighted by atomic mass is 16.5. The average molecular weight is 325 g/mol. The van der Waals surface area contributed by atoms with Crippen LogP contribution in [0.3, 0.4) is 0 Å². The maximum Gasteiger partial charge on any atom is 0.238 e. The van der Waals surface area contributed by atoms with Crippen LogP contribution >= 0.6 is 0 Å². The first-order chi connectivity index (χ1) is 11.6. The first kappa shape index (κ1) is 14.1. The topological polar surface area (TPSA) is 55.8 Å². The van der Waals surface area contributed by atoms with Gasteiger partial charge < -0.3 is 9.47 Å². The summed E-state index contributed by atoms with van der Waals surface area (Å²) in [4.78, 5) is 27.6. The zero-order valence-electron chi connectivity index (χ0n) is 13.7. The average Bonchev–Trinajstić information content (AvgIpc) is 3.20. The molecule has 5 heteroatoms. The number of imide groups is 1. The lowest BCUT2D eigenvalue weighted by molar-refractivity contribution is -0.123. The molecule has 4 atom stereocenters. The summed E-state index contributed by atoms with van der Waals surface area (Å²) in [5, 5.41) is 0. The van der Waals surface area contributed by atoms with Gasteiger partial charge in [0.1, 0.15) is 11.5 Å². The Morgan fingerprint density at radius 2 is 1.62 bits per heavy atom. The first-order valence-electron chi connectivity index (χ1n) is 8.40. The number of carbonyl (C=O) groups excluding carboxylic acids is 2. The summed E-state index contributed by atoms with van der Waals surface area (Å²) < 4.78 is 10.6. The molecular formula is C19H19NO4. The maximum atomic E-state index is 13.1. The molecule has 1 aromatic rings. The number of anilines is 1. The number of benzene rings is 1. The lowest BCUT2D eigenvalue weighted by atomic mass is 9.85. The summed E-state index contributed by atoms with van der Waals surface area (Å²) in [7, 11) is 3.11. The summed E-state index contributed by atoms with van der Waals surface area (Å²) in [5.41, 5.74) is 0.739. The zero-order chi connectivity index (χ0) is 16.6. The highest BCUT2D eigenvalue weighted by Crippen LogP contribution is 2.73. The van der Waals surface area contributed by atoms with Crippen molar-refractivity contribution in [3.8, 4) is 11.5 Å². The van der Waals surface area contributed by atoms with Crippen molar-refractivity contribution >= 4 is 17.5 Å². The molecule has 3 fully saturated rings. The maximum absolute atomic E-state index is 13.1. The first-order valence-corrected chi connectivity index (χ1v) is 8.40. The fourth-order valence-electron chi connectivity index (χ4n) is 5.29. The van der Waals surface area contributed by atoms with E-state index in [9.17, 15) is 9.59 Å². The Kier molecular flexibility index (Phi) is 2.58. The number of carbonyl (C=O) groups is 2. The summed E-state index contributed by atoms with van der Waals surface area (Å²) in [5.74, 6) is 1.05. The SMILES string of the molecule is COc1ccc(N2C(=O)[C@@H]3[C@@H](C2=O)[C@@H]2C=C[C@H]3C23CC3)c(OC)c1. The van der Waals surface area contributed by atoms with Crippen LogP contribution < -0.4 is 14.4 Å². The molecule has 1 aromatic carbocycles. The van der Waals surface area contributed by atoms with E-state index >= 15 is 0 Å². The Bertz CT molecular complexity index is 761. The van der Waals surface area contributed by atoms with Crippen LogP contribution in [-0.2, 0) is 9.59 Å². The largest absolute Gasteiger partial charge is 0.497 e. The van der Waals surface area contributed by atoms with E-state index in [1.165, 1.54) is 12.0 Å². The number of ether oxygens (including phenoxy) is 2. The van der Waals surface area contributed by atoms with Crippen LogP contribution in [0.2, 0.25) is 0 Å². The predicted molar refractivity (Wildman–Crippen MR) is 86.8 cm³/mol. The van der Waals surface area contributed by atoms with Crippen molar-refractivity contribution < 1.29 is 19.1 Å². The monoisotopic (exact) mass is 325 g/mol. The van der Waals surface area contributed by atoms with Gasteiger partial charge in [-0.2, -0.15) is 0 Å². The second kappa shape index (κ2) is 4.41. The standard InChI is InChI=1S/C19H19NO4/c1-23-10-3-6-13(14(9-10)24-2)20-17(21)15-11-4-5-12(16(15)18(20)22)19(11)7-8-19/h3-6,9,11-12,15-16H,7-8H2,1-2H3/t11-,12+,15-,16-/m0/s1. The molecule has 2 amide bonds. The molecule has 24 heavy (non-hydrogen) atoms. The molecule has 0 unspecified atom stereocenters. The van der Waals surface area contributed by atoms with Gasteiger partial charge in [0.05, 0.1) is 31.7 Å². The molecular weight excluding hydrogens is 306 g/mol. The predicted octanol–water partition coefficient (Wildman–Crippen LogP) is 2.41. The van der Waals surface area contributed by atoms with E-state index in [-0.39, 0.29) is 40.9 Å². The van der Waals surface area contributed by atoms with Gasteiger partial charge in [-0.25, -0.2) is 4.90 Å². The lowest BCUT2D eigenvalue weighted by Gasteiger charge is -2.23. The Morgan fingerprint density at radius 3 is 2.12 bits per heavy atom. The van der Waals surface area contributed by atoms with E-state index in [1.807, 2.05) is 0 Å². The Morgan fingerprint density at radius 1 is 1.00 bits per heavy atom. The van der Waals surface area contributed by atoms with Crippen LogP contribution in [0.4, 0.5) is 5.69 Å². The molecule has 2 bridgehead atoms. The summed E-state index contributed by atoms with van der Waals surface area (Å²) in [6.07, 6.45) is 6.65. The minimum Gasteiger partial charge on any atom is -0.497 e. The fourth-order valence-corrected chi connectivity index (χ4v) is 5.29. The van der Waals surface area contributed by atoms with Crippen molar-refractivity contribution in [3.63, 3.8) is 0 Å². The Labute approximate surface area is 140 Å². The van der Waals surface area contributed by atoms with Gasteiger partial charge in [0, 0.05) is 6.07 Å². The summed E-state index contributed by atoms with van der Waals surface area (Å²) in [6.45, 7) is 0. The lowest BCUT2D eigenvalue weighted by Crippen LogP contribution is -2.35. The molecule has 1 aliphatic heterocycles. The van der Waals surface area contributed by atoms with Crippen molar-refractivity contribution in [3.05, 3.63) is 30.4 Å². The van der Waals surface area contributed by atoms with E-state index in [0.717, 1.165) is 12.8 Å². The molecule has 5 nitrogen and oxygen atoms in total. The molecule has 124 valence electrons. The van der Waals surface area contributed by atoms with Gasteiger partial charge in [0.2, 0.25) is 11.8 Å². The van der Waals surface area contributed by atoms with Gasteiger partial charge >= 0.3 is 0 Å². The van der Waals surface area contributed by atoms with Gasteiger partial charge in [-0.3, -0.25) is 9.59 Å². The number of amides is 2. The van der Waals surface area contributed by atoms with Crippen LogP contribution in [-0.4, -0.2) is 26.0 Å². The van der Waals surface area contributed by atoms with Gasteiger partial charge in [-0.05, 0) is 42.2 Å². The Balaban J connectivity index is 1.56. The van der Waals surface area contributed by atoms with Crippen molar-refractivity contribution in [2.75, 3.05) is 19.1 Å². The molecule has 5 rings (SSSR count). The molecule has 3 aliphatic carbocycles. The quantitative estimate of drug-likeness (QED) is 0.632. The number of rotatable bonds is 3. The van der Waals surface area contributed by atoms with Crippen molar-refractivity contribution in [1.29, 1.82) is 0 Å². The van der Waals surface area contributed by atoms with Crippen LogP contribution in [0, 0.1) is 29.1 Å². The Hall–Kier alpha value is -2.30. The number of allylic oxidation sites excluding steroid dienone is 2. The third kappa shape index (κ3) is 1.46. The third-order valence-electron chi connectivity index (χ3n) is 6.48. The van der Waals surface area contributed by atoms with E-state index < -0.39 is 0 Å². The minimum absolute atomic E-state index is 0.0726. The normalized spacial score (nSPS) is 34.2. The third-order valence-corrected chi connectivity index (χ3v) is 6.48. The number of nitrogens with zero attached hydrogens (tertiary/aromatic N) is 1. The van der Waals surface area contributed by atoms with Crippen LogP contribution in [0.1, 0.15) is 12.8 Å². The number of fused-ring (bicyclic) bond motifs is 3. The summed E-state index contributed by atoms with van der Waals surface area (Å²) >= 11 is 0. The van der Waals surface area contributed by atoms with Gasteiger partial charge in [-0.15, -0.1) is 0 Å². The summed E-state index contributed by atoms with van der Waals surface area (Å²) in [6, 6.07) is 5.19. The van der Waals surface area contributed by atoms with E-state index in [2.05, 4.69) is 12.2 Å². The zero-order valence-corrected chi connectivity index (χ0v) is 13.7. The fraction of sp³-hybridized carbons (Fsp3) is 0.474. The van der Waals surface area contributed by atoms with E-state index in [0.29, 0.717) is 17.2 Å². The van der Waals surface area contributed by atoms with Gasteiger partial charge in [0.15, 0.2) is 0 Å². The molecule has 2 saturated carbocycles. The van der Waals surface area contributed by atoms with Crippen LogP contribution in [0.15, 0.2) is 30.4 Å². The molecule has 1 heterocycles.